The van der Waals surface area contributed by atoms with E-state index in [1.54, 1.807) is 0 Å². The van der Waals surface area contributed by atoms with Crippen LogP contribution in [-0.4, -0.2) is 14.2 Å². The van der Waals surface area contributed by atoms with Gasteiger partial charge in [0.1, 0.15) is 29.2 Å². The standard InChI is InChI=1S/C44H44N2O2/c1-47-43-34-11-19-5-3-4-6-20(19)12-35(34)44(48-2)42-25-10-9-24(41(42)43)39-32-16-33(40(25)39)29-14-27-26(13-28(29)32)30-15-31(27)38-23-8-7-22(37(30)38)36(23)21(17-45)18-46/h3-6,11-12,22-33,37-40H,7-10,13-16H2,1-2H3/t22-,23+,24-,25+,26+,27-,28-,29+,30+,31-,32-,33+,37+,38-,39-,40+. The molecule has 0 aliphatic heterocycles. The maximum absolute atomic E-state index is 9.87. The van der Waals surface area contributed by atoms with Crippen LogP contribution in [0.15, 0.2) is 47.5 Å². The van der Waals surface area contributed by atoms with Gasteiger partial charge in [-0.1, -0.05) is 24.3 Å². The fourth-order valence-corrected chi connectivity index (χ4v) is 16.8. The first kappa shape index (κ1) is 27.3. The van der Waals surface area contributed by atoms with Gasteiger partial charge in [-0.25, -0.2) is 0 Å². The van der Waals surface area contributed by atoms with Crippen molar-refractivity contribution in [2.24, 2.45) is 82.9 Å². The Morgan fingerprint density at radius 2 is 0.938 bits per heavy atom. The lowest BCUT2D eigenvalue weighted by Crippen LogP contribution is -2.51. The zero-order valence-corrected chi connectivity index (χ0v) is 28.1. The summed E-state index contributed by atoms with van der Waals surface area (Å²) in [5.74, 6) is 14.6. The summed E-state index contributed by atoms with van der Waals surface area (Å²) in [6, 6.07) is 18.1. The SMILES string of the molecule is COc1c2c(c(OC)c3cc4ccccc4cc13)[C@@H]1CC[C@H]2[C@H]2[C@H]3C[C@H]([C@@H]4C[C@H]5[C@@H](C[C@@H]43)[C@H]3C[C@@H]5[C@H]4[C@@H]3[C@H]3CC[C@@H]4C3=C(C#N)C#N)[C@H]21. The predicted molar refractivity (Wildman–Crippen MR) is 184 cm³/mol. The summed E-state index contributed by atoms with van der Waals surface area (Å²) in [7, 11) is 3.81. The van der Waals surface area contributed by atoms with Crippen molar-refractivity contribution in [2.75, 3.05) is 14.2 Å². The second kappa shape index (κ2) is 9.18. The van der Waals surface area contributed by atoms with E-state index in [2.05, 4.69) is 48.5 Å². The lowest BCUT2D eigenvalue weighted by molar-refractivity contribution is -0.0610. The minimum atomic E-state index is 0.486. The van der Waals surface area contributed by atoms with Gasteiger partial charge in [0.05, 0.1) is 14.2 Å². The molecule has 8 saturated carbocycles. The Bertz CT molecular complexity index is 1940. The summed E-state index contributed by atoms with van der Waals surface area (Å²) < 4.78 is 12.9. The quantitative estimate of drug-likeness (QED) is 0.160. The predicted octanol–water partition coefficient (Wildman–Crippen LogP) is 9.39. The van der Waals surface area contributed by atoms with Gasteiger partial charge >= 0.3 is 0 Å². The Kier molecular flexibility index (Phi) is 5.23. The van der Waals surface area contributed by atoms with Crippen LogP contribution in [0, 0.1) is 106 Å². The summed E-state index contributed by atoms with van der Waals surface area (Å²) in [6.45, 7) is 0. The number of methoxy groups -OCH3 is 2. The van der Waals surface area contributed by atoms with Crippen LogP contribution in [0.1, 0.15) is 74.3 Å². The maximum Gasteiger partial charge on any atom is 0.130 e. The molecule has 10 aliphatic carbocycles. The van der Waals surface area contributed by atoms with E-state index >= 15 is 0 Å². The normalized spacial score (nSPS) is 45.8. The van der Waals surface area contributed by atoms with Crippen molar-refractivity contribution in [3.8, 4) is 23.6 Å². The van der Waals surface area contributed by atoms with Crippen LogP contribution in [0.5, 0.6) is 11.5 Å². The molecule has 0 radical (unpaired) electrons. The Morgan fingerprint density at radius 1 is 0.562 bits per heavy atom. The van der Waals surface area contributed by atoms with Gasteiger partial charge in [-0.2, -0.15) is 10.5 Å². The number of ether oxygens (including phenoxy) is 2. The van der Waals surface area contributed by atoms with Gasteiger partial charge in [-0.3, -0.25) is 0 Å². The highest BCUT2D eigenvalue weighted by Crippen LogP contribution is 2.79. The van der Waals surface area contributed by atoms with Crippen LogP contribution in [-0.2, 0) is 0 Å². The Labute approximate surface area is 283 Å². The summed E-state index contributed by atoms with van der Waals surface area (Å²) >= 11 is 0. The number of hydrogen-bond acceptors (Lipinski definition) is 4. The highest BCUT2D eigenvalue weighted by atomic mass is 16.5. The molecule has 0 saturated heterocycles. The van der Waals surface area contributed by atoms with Crippen LogP contribution in [0.4, 0.5) is 0 Å². The molecule has 3 aromatic rings. The van der Waals surface area contributed by atoms with Gasteiger partial charge in [-0.05, 0) is 175 Å². The number of benzene rings is 3. The summed E-state index contributed by atoms with van der Waals surface area (Å²) in [4.78, 5) is 0. The number of hydrogen-bond donors (Lipinski definition) is 0. The molecule has 13 rings (SSSR count). The largest absolute Gasteiger partial charge is 0.496 e. The van der Waals surface area contributed by atoms with E-state index in [4.69, 9.17) is 9.47 Å². The first-order valence-corrected chi connectivity index (χ1v) is 19.3. The zero-order valence-electron chi connectivity index (χ0n) is 28.1. The molecular formula is C44H44N2O2. The van der Waals surface area contributed by atoms with Gasteiger partial charge in [0.15, 0.2) is 0 Å². The molecule has 48 heavy (non-hydrogen) atoms. The highest BCUT2D eigenvalue weighted by molar-refractivity contribution is 6.05. The minimum absolute atomic E-state index is 0.486. The molecule has 4 heteroatoms. The Hall–Kier alpha value is -3.50. The molecule has 3 aromatic carbocycles. The Balaban J connectivity index is 0.941. The Morgan fingerprint density at radius 3 is 1.33 bits per heavy atom. The zero-order chi connectivity index (χ0) is 31.7. The van der Waals surface area contributed by atoms with E-state index in [9.17, 15) is 10.5 Å². The second-order valence-corrected chi connectivity index (χ2v) is 17.8. The lowest BCUT2D eigenvalue weighted by atomic mass is 9.46. The molecular weight excluding hydrogens is 588 g/mol. The monoisotopic (exact) mass is 632 g/mol. The van der Waals surface area contributed by atoms with Crippen molar-refractivity contribution in [1.29, 1.82) is 10.5 Å². The number of fused-ring (bicyclic) bond motifs is 20. The van der Waals surface area contributed by atoms with E-state index < -0.39 is 0 Å². The van der Waals surface area contributed by atoms with Crippen LogP contribution >= 0.6 is 0 Å². The molecule has 0 unspecified atom stereocenters. The van der Waals surface area contributed by atoms with Crippen LogP contribution in [0.3, 0.4) is 0 Å². The van der Waals surface area contributed by atoms with E-state index in [0.29, 0.717) is 29.2 Å². The van der Waals surface area contributed by atoms with E-state index in [1.165, 1.54) is 89.6 Å². The van der Waals surface area contributed by atoms with Crippen molar-refractivity contribution in [3.63, 3.8) is 0 Å². The second-order valence-electron chi connectivity index (χ2n) is 17.8. The molecule has 0 aromatic heterocycles. The molecule has 0 N–H and O–H groups in total. The van der Waals surface area contributed by atoms with Gasteiger partial charge < -0.3 is 9.47 Å². The highest BCUT2D eigenvalue weighted by Gasteiger charge is 2.72. The van der Waals surface area contributed by atoms with Crippen LogP contribution < -0.4 is 9.47 Å². The van der Waals surface area contributed by atoms with Crippen molar-refractivity contribution in [1.82, 2.24) is 0 Å². The van der Waals surface area contributed by atoms with Gasteiger partial charge in [0, 0.05) is 21.9 Å². The molecule has 0 heterocycles. The smallest absolute Gasteiger partial charge is 0.130 e. The first-order valence-electron chi connectivity index (χ1n) is 19.3. The van der Waals surface area contributed by atoms with E-state index in [-0.39, 0.29) is 0 Å². The maximum atomic E-state index is 9.87. The third-order valence-corrected chi connectivity index (χ3v) is 17.4. The molecule has 4 nitrogen and oxygen atoms in total. The third-order valence-electron chi connectivity index (χ3n) is 17.4. The van der Waals surface area contributed by atoms with Crippen molar-refractivity contribution in [3.05, 3.63) is 58.7 Å². The fourth-order valence-electron chi connectivity index (χ4n) is 16.8. The molecule has 242 valence electrons. The summed E-state index contributed by atoms with van der Waals surface area (Å²) in [5.41, 5.74) is 4.83. The molecule has 10 aliphatic rings. The van der Waals surface area contributed by atoms with Crippen LogP contribution in [0.2, 0.25) is 0 Å². The lowest BCUT2D eigenvalue weighted by Gasteiger charge is -2.58. The topological polar surface area (TPSA) is 66.0 Å². The van der Waals surface area contributed by atoms with E-state index in [0.717, 1.165) is 82.5 Å². The van der Waals surface area contributed by atoms with Gasteiger partial charge in [0.2, 0.25) is 0 Å². The molecule has 16 atom stereocenters. The average Bonchev–Trinajstić information content (AvgIpc) is 3.98. The first-order chi connectivity index (χ1) is 23.6. The van der Waals surface area contributed by atoms with Crippen molar-refractivity contribution >= 4 is 21.5 Å². The van der Waals surface area contributed by atoms with Gasteiger partial charge in [0.25, 0.3) is 0 Å². The fraction of sp³-hybridized carbons (Fsp3) is 0.591. The van der Waals surface area contributed by atoms with Crippen molar-refractivity contribution < 1.29 is 9.47 Å². The minimum Gasteiger partial charge on any atom is -0.496 e. The number of nitriles is 2. The van der Waals surface area contributed by atoms with E-state index in [1.807, 2.05) is 14.2 Å². The summed E-state index contributed by atoms with van der Waals surface area (Å²) in [6.07, 6.45) is 10.9. The average molecular weight is 633 g/mol. The third kappa shape index (κ3) is 2.95. The van der Waals surface area contributed by atoms with Crippen LogP contribution in [0.25, 0.3) is 21.5 Å². The number of allylic oxidation sites excluding steroid dienone is 2. The number of nitrogens with zero attached hydrogens (tertiary/aromatic N) is 2. The summed E-state index contributed by atoms with van der Waals surface area (Å²) in [5, 5.41) is 24.7. The molecule has 0 amide bonds. The molecule has 0 spiro atoms. The van der Waals surface area contributed by atoms with Gasteiger partial charge in [-0.15, -0.1) is 0 Å². The number of rotatable bonds is 2. The molecule has 8 fully saturated rings. The van der Waals surface area contributed by atoms with Crippen molar-refractivity contribution in [2.45, 2.75) is 63.2 Å². The molecule has 8 bridgehead atoms.